The Morgan fingerprint density at radius 2 is 2.25 bits per heavy atom. The average Bonchev–Trinajstić information content (AvgIpc) is 3.29. The lowest BCUT2D eigenvalue weighted by Gasteiger charge is -2.54. The molecule has 2 atom stereocenters. The third kappa shape index (κ3) is 4.10. The minimum absolute atomic E-state index is 0.00616. The van der Waals surface area contributed by atoms with E-state index in [1.165, 1.54) is 6.42 Å². The Morgan fingerprint density at radius 1 is 1.39 bits per heavy atom. The number of aromatic nitrogens is 1. The van der Waals surface area contributed by atoms with Crippen molar-refractivity contribution >= 4 is 5.91 Å². The summed E-state index contributed by atoms with van der Waals surface area (Å²) in [5.41, 5.74) is 0.592. The number of aryl methyl sites for hydroxylation is 1. The first kappa shape index (κ1) is 19.8. The lowest BCUT2D eigenvalue weighted by molar-refractivity contribution is -0.155. The largest absolute Gasteiger partial charge is 0.378 e. The summed E-state index contributed by atoms with van der Waals surface area (Å²) < 4.78 is 22.5. The number of methoxy groups -OCH3 is 1. The number of rotatable bonds is 7. The summed E-state index contributed by atoms with van der Waals surface area (Å²) in [7, 11) is 1.67. The number of nitrogens with one attached hydrogen (secondary N) is 1. The van der Waals surface area contributed by atoms with Gasteiger partial charge in [0.05, 0.1) is 38.0 Å². The van der Waals surface area contributed by atoms with Crippen LogP contribution in [0.1, 0.15) is 43.6 Å². The Hall–Kier alpha value is -1.48. The zero-order valence-electron chi connectivity index (χ0n) is 16.9. The number of morpholine rings is 1. The van der Waals surface area contributed by atoms with Crippen molar-refractivity contribution in [1.29, 1.82) is 0 Å². The molecule has 2 aliphatic heterocycles. The van der Waals surface area contributed by atoms with Crippen molar-refractivity contribution in [3.63, 3.8) is 0 Å². The lowest BCUT2D eigenvalue weighted by atomic mass is 9.74. The highest BCUT2D eigenvalue weighted by atomic mass is 16.5. The van der Waals surface area contributed by atoms with Crippen LogP contribution in [0.2, 0.25) is 0 Å². The molecule has 1 aliphatic carbocycles. The minimum Gasteiger partial charge on any atom is -0.378 e. The molecule has 1 amide bonds. The second kappa shape index (κ2) is 8.10. The fourth-order valence-corrected chi connectivity index (χ4v) is 4.44. The fraction of sp³-hybridized carbons (Fsp3) is 0.800. The van der Waals surface area contributed by atoms with Crippen molar-refractivity contribution in [2.24, 2.45) is 0 Å². The van der Waals surface area contributed by atoms with Crippen molar-refractivity contribution in [3.05, 3.63) is 17.5 Å². The van der Waals surface area contributed by atoms with E-state index in [1.54, 1.807) is 7.11 Å². The second-order valence-corrected chi connectivity index (χ2v) is 8.50. The van der Waals surface area contributed by atoms with Crippen LogP contribution in [0.4, 0.5) is 0 Å². The molecule has 1 aromatic rings. The van der Waals surface area contributed by atoms with Gasteiger partial charge in [0.1, 0.15) is 5.60 Å². The van der Waals surface area contributed by atoms with E-state index >= 15 is 0 Å². The van der Waals surface area contributed by atoms with Gasteiger partial charge in [0.2, 0.25) is 5.91 Å². The van der Waals surface area contributed by atoms with Gasteiger partial charge in [-0.15, -0.1) is 0 Å². The Morgan fingerprint density at radius 3 is 2.86 bits per heavy atom. The number of amides is 1. The highest BCUT2D eigenvalue weighted by molar-refractivity contribution is 5.76. The Kier molecular flexibility index (Phi) is 5.73. The normalized spacial score (nSPS) is 29.7. The van der Waals surface area contributed by atoms with Gasteiger partial charge in [-0.3, -0.25) is 9.69 Å². The molecule has 3 heterocycles. The number of nitrogens with zero attached hydrogens (tertiary/aromatic N) is 2. The molecule has 8 heteroatoms. The summed E-state index contributed by atoms with van der Waals surface area (Å²) in [5.74, 6) is 0.866. The van der Waals surface area contributed by atoms with Gasteiger partial charge < -0.3 is 24.1 Å². The molecular weight excluding hydrogens is 362 g/mol. The topological polar surface area (TPSA) is 86.1 Å². The molecule has 0 bridgehead atoms. The van der Waals surface area contributed by atoms with Gasteiger partial charge in [-0.2, -0.15) is 0 Å². The summed E-state index contributed by atoms with van der Waals surface area (Å²) in [5, 5.41) is 7.01. The lowest BCUT2D eigenvalue weighted by Crippen LogP contribution is -2.62. The predicted octanol–water partition coefficient (Wildman–Crippen LogP) is 1.42. The van der Waals surface area contributed by atoms with E-state index in [2.05, 4.69) is 15.4 Å². The maximum Gasteiger partial charge on any atom is 0.222 e. The van der Waals surface area contributed by atoms with E-state index in [1.807, 2.05) is 13.0 Å². The molecule has 3 aliphatic rings. The average molecular weight is 393 g/mol. The van der Waals surface area contributed by atoms with Gasteiger partial charge in [-0.05, 0) is 26.2 Å². The summed E-state index contributed by atoms with van der Waals surface area (Å²) in [4.78, 5) is 14.9. The molecule has 1 saturated carbocycles. The van der Waals surface area contributed by atoms with Gasteiger partial charge >= 0.3 is 0 Å². The molecule has 4 rings (SSSR count). The Balaban J connectivity index is 1.31. The number of carbonyl (C=O) groups excluding carboxylic acids is 1. The van der Waals surface area contributed by atoms with Gasteiger partial charge in [0.15, 0.2) is 5.76 Å². The van der Waals surface area contributed by atoms with Gasteiger partial charge in [0, 0.05) is 44.8 Å². The number of ether oxygens (including phenoxy) is 3. The summed E-state index contributed by atoms with van der Waals surface area (Å²) in [6, 6.07) is 1.98. The van der Waals surface area contributed by atoms with Crippen LogP contribution in [0.25, 0.3) is 0 Å². The molecule has 1 spiro atoms. The Bertz CT molecular complexity index is 681. The van der Waals surface area contributed by atoms with Crippen LogP contribution in [-0.2, 0) is 25.5 Å². The van der Waals surface area contributed by atoms with E-state index in [9.17, 15) is 4.79 Å². The highest BCUT2D eigenvalue weighted by Crippen LogP contribution is 2.41. The maximum atomic E-state index is 12.5. The fourth-order valence-electron chi connectivity index (χ4n) is 4.44. The molecular formula is C20H31N3O5. The number of hydrogen-bond donors (Lipinski definition) is 1. The van der Waals surface area contributed by atoms with Gasteiger partial charge in [-0.25, -0.2) is 0 Å². The van der Waals surface area contributed by atoms with Crippen LogP contribution in [0.5, 0.6) is 0 Å². The first-order valence-corrected chi connectivity index (χ1v) is 10.2. The van der Waals surface area contributed by atoms with Crippen LogP contribution in [0, 0.1) is 6.92 Å². The summed E-state index contributed by atoms with van der Waals surface area (Å²) in [6.45, 7) is 5.72. The number of hydrogen-bond acceptors (Lipinski definition) is 7. The zero-order chi connectivity index (χ0) is 19.6. The van der Waals surface area contributed by atoms with Crippen LogP contribution < -0.4 is 5.32 Å². The molecule has 0 aromatic carbocycles. The van der Waals surface area contributed by atoms with Gasteiger partial charge in [0.25, 0.3) is 0 Å². The highest BCUT2D eigenvalue weighted by Gasteiger charge is 2.47. The van der Waals surface area contributed by atoms with E-state index in [0.29, 0.717) is 39.3 Å². The molecule has 156 valence electrons. The molecule has 1 N–H and O–H groups in total. The van der Waals surface area contributed by atoms with Crippen LogP contribution >= 0.6 is 0 Å². The zero-order valence-corrected chi connectivity index (χ0v) is 16.9. The smallest absolute Gasteiger partial charge is 0.222 e. The maximum absolute atomic E-state index is 12.5. The minimum atomic E-state index is -0.394. The second-order valence-electron chi connectivity index (χ2n) is 8.50. The summed E-state index contributed by atoms with van der Waals surface area (Å²) in [6.07, 6.45) is 4.53. The third-order valence-electron chi connectivity index (χ3n) is 6.51. The SMILES string of the molecule is COC1(CNC(=O)CC2CN(Cc3cc(C)no3)C3(CCC3)CO2)CCOC1. The van der Waals surface area contributed by atoms with E-state index in [-0.39, 0.29) is 17.6 Å². The first-order valence-electron chi connectivity index (χ1n) is 10.2. The van der Waals surface area contributed by atoms with E-state index in [0.717, 1.165) is 37.3 Å². The van der Waals surface area contributed by atoms with E-state index < -0.39 is 5.60 Å². The molecule has 1 aromatic heterocycles. The first-order chi connectivity index (χ1) is 13.5. The predicted molar refractivity (Wildman–Crippen MR) is 101 cm³/mol. The number of carbonyl (C=O) groups is 1. The van der Waals surface area contributed by atoms with Crippen molar-refractivity contribution in [2.45, 2.75) is 62.8 Å². The quantitative estimate of drug-likeness (QED) is 0.750. The van der Waals surface area contributed by atoms with Crippen LogP contribution in [-0.4, -0.2) is 73.2 Å². The van der Waals surface area contributed by atoms with Crippen molar-refractivity contribution in [3.8, 4) is 0 Å². The molecule has 0 radical (unpaired) electrons. The van der Waals surface area contributed by atoms with E-state index in [4.69, 9.17) is 18.7 Å². The van der Waals surface area contributed by atoms with Gasteiger partial charge in [-0.1, -0.05) is 5.16 Å². The third-order valence-corrected chi connectivity index (χ3v) is 6.51. The molecule has 8 nitrogen and oxygen atoms in total. The standard InChI is InChI=1S/C20H31N3O5/c1-15-8-17(28-22-15)11-23-10-16(27-13-19(23)4-3-5-19)9-18(24)21-12-20(25-2)6-7-26-14-20/h8,16H,3-7,9-14H2,1-2H3,(H,21,24). The molecule has 28 heavy (non-hydrogen) atoms. The van der Waals surface area contributed by atoms with Crippen molar-refractivity contribution in [1.82, 2.24) is 15.4 Å². The van der Waals surface area contributed by atoms with Crippen molar-refractivity contribution < 1.29 is 23.5 Å². The van der Waals surface area contributed by atoms with Crippen LogP contribution in [0.3, 0.4) is 0 Å². The molecule has 2 unspecified atom stereocenters. The molecule has 2 saturated heterocycles. The molecule has 3 fully saturated rings. The summed E-state index contributed by atoms with van der Waals surface area (Å²) >= 11 is 0. The monoisotopic (exact) mass is 393 g/mol. The van der Waals surface area contributed by atoms with Crippen LogP contribution in [0.15, 0.2) is 10.6 Å². The Labute approximate surface area is 165 Å². The van der Waals surface area contributed by atoms with Crippen molar-refractivity contribution in [2.75, 3.05) is 40.0 Å².